The third kappa shape index (κ3) is 2.95. The maximum absolute atomic E-state index is 12.6. The Labute approximate surface area is 114 Å². The van der Waals surface area contributed by atoms with Crippen LogP contribution in [0.2, 0.25) is 0 Å². The molecule has 0 aliphatic heterocycles. The fraction of sp³-hybridized carbons (Fsp3) is 0.0909. The van der Waals surface area contributed by atoms with Gasteiger partial charge in [0.05, 0.1) is 17.4 Å². The summed E-state index contributed by atoms with van der Waals surface area (Å²) in [6.07, 6.45) is -3.81. The van der Waals surface area contributed by atoms with Crippen molar-refractivity contribution in [1.82, 2.24) is 10.2 Å². The minimum absolute atomic E-state index is 0.377. The number of carbonyl (C=O) groups is 1. The molecule has 1 aromatic carbocycles. The number of halogens is 4. The number of alkyl halides is 3. The van der Waals surface area contributed by atoms with Gasteiger partial charge in [-0.25, -0.2) is 0 Å². The number of hydrogen-bond donors (Lipinski definition) is 2. The summed E-state index contributed by atoms with van der Waals surface area (Å²) in [4.78, 5) is 11.8. The normalized spacial score (nSPS) is 11.4. The van der Waals surface area contributed by atoms with E-state index in [1.54, 1.807) is 29.4 Å². The lowest BCUT2D eigenvalue weighted by atomic mass is 10.2. The summed E-state index contributed by atoms with van der Waals surface area (Å²) in [6, 6.07) is 6.60. The van der Waals surface area contributed by atoms with Crippen molar-refractivity contribution in [3.8, 4) is 0 Å². The topological polar surface area (TPSA) is 57.8 Å². The summed E-state index contributed by atoms with van der Waals surface area (Å²) in [5, 5.41) is 7.41. The van der Waals surface area contributed by atoms with E-state index in [0.29, 0.717) is 10.2 Å². The fourth-order valence-corrected chi connectivity index (χ4v) is 1.81. The maximum atomic E-state index is 12.6. The van der Waals surface area contributed by atoms with Crippen molar-refractivity contribution < 1.29 is 18.0 Å². The van der Waals surface area contributed by atoms with Gasteiger partial charge in [-0.3, -0.25) is 9.89 Å². The quantitative estimate of drug-likeness (QED) is 0.884. The molecule has 0 saturated heterocycles. The van der Waals surface area contributed by atoms with Gasteiger partial charge in [-0.1, -0.05) is 12.1 Å². The molecule has 1 heterocycles. The van der Waals surface area contributed by atoms with E-state index in [4.69, 9.17) is 0 Å². The summed E-state index contributed by atoms with van der Waals surface area (Å²) in [7, 11) is 0. The molecule has 0 unspecified atom stereocenters. The van der Waals surface area contributed by atoms with E-state index in [-0.39, 0.29) is 0 Å². The van der Waals surface area contributed by atoms with Gasteiger partial charge in [0.25, 0.3) is 5.91 Å². The van der Waals surface area contributed by atoms with Gasteiger partial charge in [0.1, 0.15) is 0 Å². The van der Waals surface area contributed by atoms with E-state index in [0.717, 1.165) is 6.20 Å². The Bertz CT molecular complexity index is 609. The molecule has 0 saturated carbocycles. The highest BCUT2D eigenvalue weighted by atomic mass is 79.9. The van der Waals surface area contributed by atoms with Gasteiger partial charge in [-0.15, -0.1) is 0 Å². The number of carbonyl (C=O) groups excluding carboxylic acids is 1. The minimum atomic E-state index is -4.66. The standard InChI is InChI=1S/C11H7BrF3N3O/c12-7-3-1-2-4-8(7)17-10(19)6-5-16-18-9(6)11(13,14)15/h1-5H,(H,16,18)(H,17,19). The highest BCUT2D eigenvalue weighted by Gasteiger charge is 2.37. The lowest BCUT2D eigenvalue weighted by Gasteiger charge is -2.09. The van der Waals surface area contributed by atoms with Crippen molar-refractivity contribution >= 4 is 27.5 Å². The molecule has 19 heavy (non-hydrogen) atoms. The number of anilines is 1. The minimum Gasteiger partial charge on any atom is -0.321 e. The second kappa shape index (κ2) is 5.04. The molecule has 0 bridgehead atoms. The van der Waals surface area contributed by atoms with E-state index >= 15 is 0 Å². The van der Waals surface area contributed by atoms with E-state index in [1.165, 1.54) is 0 Å². The molecule has 0 spiro atoms. The van der Waals surface area contributed by atoms with Crippen molar-refractivity contribution in [1.29, 1.82) is 0 Å². The number of rotatable bonds is 2. The molecule has 8 heteroatoms. The second-order valence-corrected chi connectivity index (χ2v) is 4.44. The summed E-state index contributed by atoms with van der Waals surface area (Å²) in [5.74, 6) is -0.882. The fourth-order valence-electron chi connectivity index (χ4n) is 1.43. The smallest absolute Gasteiger partial charge is 0.321 e. The zero-order chi connectivity index (χ0) is 14.0. The van der Waals surface area contributed by atoms with Gasteiger partial charge in [0, 0.05) is 4.47 Å². The molecule has 0 radical (unpaired) electrons. The third-order valence-electron chi connectivity index (χ3n) is 2.29. The summed E-state index contributed by atoms with van der Waals surface area (Å²) >= 11 is 3.19. The van der Waals surface area contributed by atoms with Crippen LogP contribution in [0, 0.1) is 0 Å². The molecule has 0 aliphatic rings. The van der Waals surface area contributed by atoms with Crippen LogP contribution in [0.1, 0.15) is 16.1 Å². The number of nitrogens with one attached hydrogen (secondary N) is 2. The first kappa shape index (κ1) is 13.6. The van der Waals surface area contributed by atoms with Crippen LogP contribution in [0.5, 0.6) is 0 Å². The van der Waals surface area contributed by atoms with Crippen molar-refractivity contribution in [2.45, 2.75) is 6.18 Å². The molecule has 1 aromatic heterocycles. The monoisotopic (exact) mass is 333 g/mol. The molecule has 0 aliphatic carbocycles. The van der Waals surface area contributed by atoms with Gasteiger partial charge in [-0.2, -0.15) is 18.3 Å². The zero-order valence-electron chi connectivity index (χ0n) is 9.25. The van der Waals surface area contributed by atoms with Crippen LogP contribution in [0.4, 0.5) is 18.9 Å². The number of nitrogens with zero attached hydrogens (tertiary/aromatic N) is 1. The van der Waals surface area contributed by atoms with Crippen LogP contribution in [-0.2, 0) is 6.18 Å². The average Bonchev–Trinajstić information content (AvgIpc) is 2.81. The predicted molar refractivity (Wildman–Crippen MR) is 65.7 cm³/mol. The molecule has 4 nitrogen and oxygen atoms in total. The lowest BCUT2D eigenvalue weighted by Crippen LogP contribution is -2.18. The first-order valence-corrected chi connectivity index (χ1v) is 5.85. The van der Waals surface area contributed by atoms with Crippen molar-refractivity contribution in [2.24, 2.45) is 0 Å². The van der Waals surface area contributed by atoms with E-state index in [2.05, 4.69) is 26.3 Å². The Morgan fingerprint density at radius 1 is 1.32 bits per heavy atom. The Morgan fingerprint density at radius 3 is 2.63 bits per heavy atom. The third-order valence-corrected chi connectivity index (χ3v) is 2.98. The number of amides is 1. The molecular formula is C11H7BrF3N3O. The van der Waals surface area contributed by atoms with Gasteiger partial charge in [-0.05, 0) is 28.1 Å². The van der Waals surface area contributed by atoms with Gasteiger partial charge in [0.15, 0.2) is 5.69 Å². The second-order valence-electron chi connectivity index (χ2n) is 3.59. The van der Waals surface area contributed by atoms with Crippen LogP contribution in [-0.4, -0.2) is 16.1 Å². The van der Waals surface area contributed by atoms with E-state index in [1.807, 2.05) is 0 Å². The van der Waals surface area contributed by atoms with Gasteiger partial charge < -0.3 is 5.32 Å². The predicted octanol–water partition coefficient (Wildman–Crippen LogP) is 3.44. The summed E-state index contributed by atoms with van der Waals surface area (Å²) in [5.41, 5.74) is -1.35. The molecule has 2 aromatic rings. The Morgan fingerprint density at radius 2 is 2.00 bits per heavy atom. The molecular weight excluding hydrogens is 327 g/mol. The Balaban J connectivity index is 2.27. The van der Waals surface area contributed by atoms with Gasteiger partial charge in [0.2, 0.25) is 0 Å². The number of aromatic amines is 1. The number of hydrogen-bond acceptors (Lipinski definition) is 2. The molecule has 100 valence electrons. The Kier molecular flexibility index (Phi) is 3.61. The van der Waals surface area contributed by atoms with Crippen molar-refractivity contribution in [2.75, 3.05) is 5.32 Å². The van der Waals surface area contributed by atoms with E-state index < -0.39 is 23.3 Å². The average molecular weight is 334 g/mol. The number of para-hydroxylation sites is 1. The summed E-state index contributed by atoms with van der Waals surface area (Å²) in [6.45, 7) is 0. The van der Waals surface area contributed by atoms with Crippen molar-refractivity contribution in [3.05, 3.63) is 46.2 Å². The Hall–Kier alpha value is -1.83. The highest BCUT2D eigenvalue weighted by molar-refractivity contribution is 9.10. The zero-order valence-corrected chi connectivity index (χ0v) is 10.8. The lowest BCUT2D eigenvalue weighted by molar-refractivity contribution is -0.141. The van der Waals surface area contributed by atoms with Crippen LogP contribution in [0.25, 0.3) is 0 Å². The SMILES string of the molecule is O=C(Nc1ccccc1Br)c1cn[nH]c1C(F)(F)F. The maximum Gasteiger partial charge on any atom is 0.433 e. The largest absolute Gasteiger partial charge is 0.433 e. The van der Waals surface area contributed by atoms with Crippen LogP contribution >= 0.6 is 15.9 Å². The van der Waals surface area contributed by atoms with E-state index in [9.17, 15) is 18.0 Å². The first-order chi connectivity index (χ1) is 8.89. The first-order valence-electron chi connectivity index (χ1n) is 5.06. The highest BCUT2D eigenvalue weighted by Crippen LogP contribution is 2.30. The molecule has 2 rings (SSSR count). The van der Waals surface area contributed by atoms with Crippen molar-refractivity contribution in [3.63, 3.8) is 0 Å². The number of benzene rings is 1. The van der Waals surface area contributed by atoms with Crippen LogP contribution in [0.15, 0.2) is 34.9 Å². The molecule has 0 atom stereocenters. The summed E-state index contributed by atoms with van der Waals surface area (Å²) < 4.78 is 38.4. The molecule has 1 amide bonds. The van der Waals surface area contributed by atoms with Gasteiger partial charge >= 0.3 is 6.18 Å². The molecule has 2 N–H and O–H groups in total. The van der Waals surface area contributed by atoms with Crippen LogP contribution < -0.4 is 5.32 Å². The number of aromatic nitrogens is 2. The molecule has 0 fully saturated rings. The number of H-pyrrole nitrogens is 1. The van der Waals surface area contributed by atoms with Crippen LogP contribution in [0.3, 0.4) is 0 Å².